The van der Waals surface area contributed by atoms with E-state index in [9.17, 15) is 9.50 Å². The maximum atomic E-state index is 13.1. The second-order valence-corrected chi connectivity index (χ2v) is 4.60. The average molecular weight is 266 g/mol. The van der Waals surface area contributed by atoms with Crippen molar-refractivity contribution in [3.05, 3.63) is 64.2 Å². The van der Waals surface area contributed by atoms with Gasteiger partial charge in [-0.1, -0.05) is 17.7 Å². The third-order valence-electron chi connectivity index (χ3n) is 2.74. The molecule has 0 bridgehead atoms. The number of hydrogen-bond acceptors (Lipinski definition) is 2. The lowest BCUT2D eigenvalue weighted by atomic mass is 10.0. The molecule has 1 aromatic carbocycles. The fourth-order valence-electron chi connectivity index (χ4n) is 1.70. The van der Waals surface area contributed by atoms with Crippen molar-refractivity contribution < 1.29 is 9.50 Å². The molecule has 0 fully saturated rings. The van der Waals surface area contributed by atoms with Crippen LogP contribution in [0.1, 0.15) is 22.9 Å². The Labute approximate surface area is 110 Å². The van der Waals surface area contributed by atoms with Crippen LogP contribution in [0, 0.1) is 12.7 Å². The summed E-state index contributed by atoms with van der Waals surface area (Å²) in [4.78, 5) is 4.11. The van der Waals surface area contributed by atoms with E-state index in [1.165, 1.54) is 18.2 Å². The molecule has 18 heavy (non-hydrogen) atoms. The Morgan fingerprint density at radius 2 is 2.11 bits per heavy atom. The number of nitrogens with zero attached hydrogens (tertiary/aromatic N) is 1. The molecule has 0 amide bonds. The van der Waals surface area contributed by atoms with Crippen LogP contribution in [-0.2, 0) is 6.42 Å². The van der Waals surface area contributed by atoms with E-state index in [4.69, 9.17) is 11.6 Å². The van der Waals surface area contributed by atoms with E-state index in [1.54, 1.807) is 12.3 Å². The summed E-state index contributed by atoms with van der Waals surface area (Å²) in [5.41, 5.74) is 2.17. The second kappa shape index (κ2) is 5.46. The molecule has 1 atom stereocenters. The van der Waals surface area contributed by atoms with E-state index in [0.717, 1.165) is 5.69 Å². The second-order valence-electron chi connectivity index (χ2n) is 4.19. The van der Waals surface area contributed by atoms with Gasteiger partial charge < -0.3 is 5.11 Å². The molecule has 0 radical (unpaired) electrons. The maximum Gasteiger partial charge on any atom is 0.123 e. The summed E-state index contributed by atoms with van der Waals surface area (Å²) in [6.07, 6.45) is 1.14. The lowest BCUT2D eigenvalue weighted by molar-refractivity contribution is 0.178. The van der Waals surface area contributed by atoms with Gasteiger partial charge in [-0.25, -0.2) is 4.39 Å². The molecular formula is C14H13ClFNO. The van der Waals surface area contributed by atoms with Gasteiger partial charge in [-0.3, -0.25) is 4.98 Å². The highest BCUT2D eigenvalue weighted by atomic mass is 35.5. The van der Waals surface area contributed by atoms with Gasteiger partial charge in [-0.2, -0.15) is 0 Å². The predicted octanol–water partition coefficient (Wildman–Crippen LogP) is 3.46. The SMILES string of the molecule is Cc1ccc(C(O)Cc2cc(F)ccc2Cl)cn1. The zero-order valence-electron chi connectivity index (χ0n) is 9.90. The quantitative estimate of drug-likeness (QED) is 0.922. The van der Waals surface area contributed by atoms with Gasteiger partial charge in [0.1, 0.15) is 5.82 Å². The van der Waals surface area contributed by atoms with Gasteiger partial charge >= 0.3 is 0 Å². The van der Waals surface area contributed by atoms with Crippen LogP contribution in [0.25, 0.3) is 0 Å². The Hall–Kier alpha value is -1.45. The zero-order chi connectivity index (χ0) is 13.1. The van der Waals surface area contributed by atoms with E-state index in [1.807, 2.05) is 13.0 Å². The van der Waals surface area contributed by atoms with Crippen molar-refractivity contribution in [2.45, 2.75) is 19.4 Å². The summed E-state index contributed by atoms with van der Waals surface area (Å²) in [7, 11) is 0. The minimum Gasteiger partial charge on any atom is -0.388 e. The molecule has 0 aliphatic rings. The number of aliphatic hydroxyl groups is 1. The maximum absolute atomic E-state index is 13.1. The molecule has 0 spiro atoms. The van der Waals surface area contributed by atoms with Crippen LogP contribution in [0.5, 0.6) is 0 Å². The molecule has 1 aromatic heterocycles. The summed E-state index contributed by atoms with van der Waals surface area (Å²) in [6.45, 7) is 1.87. The molecule has 4 heteroatoms. The molecule has 2 rings (SSSR count). The molecule has 1 heterocycles. The number of hydrogen-bond donors (Lipinski definition) is 1. The molecule has 94 valence electrons. The van der Waals surface area contributed by atoms with Crippen LogP contribution in [0.3, 0.4) is 0 Å². The van der Waals surface area contributed by atoms with Crippen LogP contribution >= 0.6 is 11.6 Å². The third kappa shape index (κ3) is 3.06. The smallest absolute Gasteiger partial charge is 0.123 e. The normalized spacial score (nSPS) is 12.4. The van der Waals surface area contributed by atoms with Crippen molar-refractivity contribution >= 4 is 11.6 Å². The van der Waals surface area contributed by atoms with E-state index in [-0.39, 0.29) is 12.2 Å². The fourth-order valence-corrected chi connectivity index (χ4v) is 1.90. The minimum atomic E-state index is -0.739. The van der Waals surface area contributed by atoms with Crippen molar-refractivity contribution in [3.8, 4) is 0 Å². The first-order valence-corrected chi connectivity index (χ1v) is 5.98. The standard InChI is InChI=1S/C14H13ClFNO/c1-9-2-3-10(8-17-9)14(18)7-11-6-12(16)4-5-13(11)15/h2-6,8,14,18H,7H2,1H3. The number of aryl methyl sites for hydroxylation is 1. The highest BCUT2D eigenvalue weighted by Gasteiger charge is 2.12. The first-order valence-electron chi connectivity index (χ1n) is 5.61. The van der Waals surface area contributed by atoms with Crippen LogP contribution in [-0.4, -0.2) is 10.1 Å². The van der Waals surface area contributed by atoms with Crippen LogP contribution in [0.2, 0.25) is 5.02 Å². The van der Waals surface area contributed by atoms with Gasteiger partial charge in [0.15, 0.2) is 0 Å². The lowest BCUT2D eigenvalue weighted by Crippen LogP contribution is -2.03. The fraction of sp³-hybridized carbons (Fsp3) is 0.214. The number of pyridine rings is 1. The Bertz CT molecular complexity index is 542. The van der Waals surface area contributed by atoms with Crippen molar-refractivity contribution in [3.63, 3.8) is 0 Å². The molecule has 0 aliphatic heterocycles. The van der Waals surface area contributed by atoms with Crippen LogP contribution in [0.4, 0.5) is 4.39 Å². The number of rotatable bonds is 3. The van der Waals surface area contributed by atoms with Gasteiger partial charge in [0, 0.05) is 23.3 Å². The lowest BCUT2D eigenvalue weighted by Gasteiger charge is -2.12. The monoisotopic (exact) mass is 265 g/mol. The van der Waals surface area contributed by atoms with Gasteiger partial charge in [0.2, 0.25) is 0 Å². The topological polar surface area (TPSA) is 33.1 Å². The van der Waals surface area contributed by atoms with Crippen molar-refractivity contribution in [2.24, 2.45) is 0 Å². The molecule has 2 nitrogen and oxygen atoms in total. The average Bonchev–Trinajstić information content (AvgIpc) is 2.34. The molecule has 0 saturated carbocycles. The summed E-state index contributed by atoms with van der Waals surface area (Å²) in [5, 5.41) is 10.5. The molecule has 0 aliphatic carbocycles. The van der Waals surface area contributed by atoms with E-state index < -0.39 is 6.10 Å². The van der Waals surface area contributed by atoms with Crippen LogP contribution in [0.15, 0.2) is 36.5 Å². The molecular weight excluding hydrogens is 253 g/mol. The third-order valence-corrected chi connectivity index (χ3v) is 3.11. The van der Waals surface area contributed by atoms with Gasteiger partial charge in [0.05, 0.1) is 6.10 Å². The number of benzene rings is 1. The molecule has 0 saturated heterocycles. The number of aliphatic hydroxyl groups excluding tert-OH is 1. The van der Waals surface area contributed by atoms with Crippen molar-refractivity contribution in [2.75, 3.05) is 0 Å². The van der Waals surface area contributed by atoms with E-state index in [0.29, 0.717) is 16.1 Å². The summed E-state index contributed by atoms with van der Waals surface area (Å²) in [5.74, 6) is -0.358. The Morgan fingerprint density at radius 1 is 1.33 bits per heavy atom. The first-order chi connectivity index (χ1) is 8.56. The minimum absolute atomic E-state index is 0.265. The number of halogens is 2. The van der Waals surface area contributed by atoms with Gasteiger partial charge in [-0.05, 0) is 42.3 Å². The predicted molar refractivity (Wildman–Crippen MR) is 69.0 cm³/mol. The van der Waals surface area contributed by atoms with Gasteiger partial charge in [-0.15, -0.1) is 0 Å². The van der Waals surface area contributed by atoms with Crippen molar-refractivity contribution in [1.29, 1.82) is 0 Å². The first kappa shape index (κ1) is 13.0. The largest absolute Gasteiger partial charge is 0.388 e. The van der Waals surface area contributed by atoms with E-state index >= 15 is 0 Å². The summed E-state index contributed by atoms with van der Waals surface area (Å²) in [6, 6.07) is 7.76. The molecule has 1 unspecified atom stereocenters. The highest BCUT2D eigenvalue weighted by Crippen LogP contribution is 2.24. The van der Waals surface area contributed by atoms with Crippen LogP contribution < -0.4 is 0 Å². The van der Waals surface area contributed by atoms with Gasteiger partial charge in [0.25, 0.3) is 0 Å². The van der Waals surface area contributed by atoms with E-state index in [2.05, 4.69) is 4.98 Å². The number of aromatic nitrogens is 1. The summed E-state index contributed by atoms with van der Waals surface area (Å²) < 4.78 is 13.1. The zero-order valence-corrected chi connectivity index (χ0v) is 10.7. The molecule has 1 N–H and O–H groups in total. The highest BCUT2D eigenvalue weighted by molar-refractivity contribution is 6.31. The Kier molecular flexibility index (Phi) is 3.94. The summed E-state index contributed by atoms with van der Waals surface area (Å²) >= 11 is 5.96. The Morgan fingerprint density at radius 3 is 2.78 bits per heavy atom. The van der Waals surface area contributed by atoms with Crippen molar-refractivity contribution in [1.82, 2.24) is 4.98 Å². The molecule has 2 aromatic rings. The Balaban J connectivity index is 2.18.